The quantitative estimate of drug-likeness (QED) is 0.507. The summed E-state index contributed by atoms with van der Waals surface area (Å²) < 4.78 is 5.46. The van der Waals surface area contributed by atoms with Crippen molar-refractivity contribution in [1.82, 2.24) is 0 Å². The van der Waals surface area contributed by atoms with Crippen LogP contribution in [0.15, 0.2) is 23.7 Å². The van der Waals surface area contributed by atoms with Gasteiger partial charge in [0.1, 0.15) is 5.76 Å². The van der Waals surface area contributed by atoms with Crippen molar-refractivity contribution in [1.29, 1.82) is 0 Å². The molecule has 0 unspecified atom stereocenters. The Labute approximate surface area is 81.5 Å². The van der Waals surface area contributed by atoms with Gasteiger partial charge in [-0.2, -0.15) is 0 Å². The standard InChI is InChI=1S/C11H21NO/c1-4-9-13-11(10(2)3)7-5-6-8-12/h4,9H,5-8,12H2,1-3H3/b9-4-. The normalized spacial score (nSPS) is 10.5. The lowest BCUT2D eigenvalue weighted by Crippen LogP contribution is -1.99. The highest BCUT2D eigenvalue weighted by molar-refractivity contribution is 5.03. The van der Waals surface area contributed by atoms with Gasteiger partial charge in [0, 0.05) is 6.42 Å². The van der Waals surface area contributed by atoms with Crippen molar-refractivity contribution in [2.45, 2.75) is 40.0 Å². The third kappa shape index (κ3) is 6.41. The van der Waals surface area contributed by atoms with Crippen molar-refractivity contribution in [3.8, 4) is 0 Å². The summed E-state index contributed by atoms with van der Waals surface area (Å²) in [4.78, 5) is 0. The molecule has 0 heterocycles. The summed E-state index contributed by atoms with van der Waals surface area (Å²) in [6, 6.07) is 0. The van der Waals surface area contributed by atoms with Crippen LogP contribution in [-0.4, -0.2) is 6.54 Å². The van der Waals surface area contributed by atoms with Crippen LogP contribution in [0.3, 0.4) is 0 Å². The van der Waals surface area contributed by atoms with E-state index in [2.05, 4.69) is 13.8 Å². The fourth-order valence-corrected chi connectivity index (χ4v) is 1.01. The molecule has 0 radical (unpaired) electrons. The molecule has 0 amide bonds. The van der Waals surface area contributed by atoms with Crippen LogP contribution in [0.5, 0.6) is 0 Å². The number of hydrogen-bond donors (Lipinski definition) is 1. The lowest BCUT2D eigenvalue weighted by Gasteiger charge is -2.07. The minimum absolute atomic E-state index is 0.764. The predicted octanol–water partition coefficient (Wildman–Crippen LogP) is 2.96. The third-order valence-corrected chi connectivity index (χ3v) is 1.76. The predicted molar refractivity (Wildman–Crippen MR) is 57.2 cm³/mol. The average molecular weight is 183 g/mol. The van der Waals surface area contributed by atoms with Crippen LogP contribution in [0, 0.1) is 0 Å². The Kier molecular flexibility index (Phi) is 7.41. The van der Waals surface area contributed by atoms with Crippen molar-refractivity contribution in [2.24, 2.45) is 5.73 Å². The fourth-order valence-electron chi connectivity index (χ4n) is 1.01. The molecule has 0 saturated heterocycles. The van der Waals surface area contributed by atoms with E-state index in [1.165, 1.54) is 5.57 Å². The van der Waals surface area contributed by atoms with Crippen LogP contribution in [0.2, 0.25) is 0 Å². The summed E-state index contributed by atoms with van der Waals surface area (Å²) in [5.41, 5.74) is 6.67. The van der Waals surface area contributed by atoms with Crippen molar-refractivity contribution in [3.05, 3.63) is 23.7 Å². The molecule has 2 N–H and O–H groups in total. The Morgan fingerprint density at radius 3 is 2.46 bits per heavy atom. The first-order valence-corrected chi connectivity index (χ1v) is 4.86. The maximum absolute atomic E-state index is 5.46. The highest BCUT2D eigenvalue weighted by atomic mass is 16.5. The zero-order valence-corrected chi connectivity index (χ0v) is 8.97. The molecule has 0 aromatic heterocycles. The molecule has 0 aliphatic carbocycles. The van der Waals surface area contributed by atoms with E-state index in [0.29, 0.717) is 0 Å². The summed E-state index contributed by atoms with van der Waals surface area (Å²) >= 11 is 0. The van der Waals surface area contributed by atoms with Crippen molar-refractivity contribution in [2.75, 3.05) is 6.54 Å². The molecule has 0 atom stereocenters. The molecule has 0 bridgehead atoms. The van der Waals surface area contributed by atoms with Gasteiger partial charge >= 0.3 is 0 Å². The lowest BCUT2D eigenvalue weighted by molar-refractivity contribution is 0.323. The molecule has 0 saturated carbocycles. The van der Waals surface area contributed by atoms with E-state index in [4.69, 9.17) is 10.5 Å². The largest absolute Gasteiger partial charge is 0.470 e. The number of hydrogen-bond acceptors (Lipinski definition) is 2. The number of allylic oxidation sites excluding steroid dienone is 3. The number of unbranched alkanes of at least 4 members (excludes halogenated alkanes) is 1. The maximum Gasteiger partial charge on any atom is 0.102 e. The second kappa shape index (κ2) is 7.87. The molecule has 2 heteroatoms. The van der Waals surface area contributed by atoms with Gasteiger partial charge < -0.3 is 10.5 Å². The maximum atomic E-state index is 5.46. The van der Waals surface area contributed by atoms with Crippen LogP contribution >= 0.6 is 0 Å². The minimum Gasteiger partial charge on any atom is -0.470 e. The Hall–Kier alpha value is -0.760. The first-order chi connectivity index (χ1) is 6.22. The number of rotatable bonds is 6. The molecular formula is C11H21NO. The minimum atomic E-state index is 0.764. The molecule has 2 nitrogen and oxygen atoms in total. The van der Waals surface area contributed by atoms with Gasteiger partial charge in [-0.05, 0) is 45.7 Å². The number of nitrogens with two attached hydrogens (primary N) is 1. The molecule has 0 aliphatic heterocycles. The van der Waals surface area contributed by atoms with Gasteiger partial charge in [0.2, 0.25) is 0 Å². The average Bonchev–Trinajstić information content (AvgIpc) is 2.10. The zero-order chi connectivity index (χ0) is 10.1. The summed E-state index contributed by atoms with van der Waals surface area (Å²) in [5, 5.41) is 0. The van der Waals surface area contributed by atoms with E-state index in [-0.39, 0.29) is 0 Å². The molecule has 0 fully saturated rings. The SMILES string of the molecule is C/C=C\OC(CCCCN)=C(C)C. The number of ether oxygens (including phenoxy) is 1. The fraction of sp³-hybridized carbons (Fsp3) is 0.636. The second-order valence-electron chi connectivity index (χ2n) is 3.26. The zero-order valence-electron chi connectivity index (χ0n) is 8.97. The van der Waals surface area contributed by atoms with Gasteiger partial charge in [0.25, 0.3) is 0 Å². The van der Waals surface area contributed by atoms with Gasteiger partial charge in [-0.3, -0.25) is 0 Å². The van der Waals surface area contributed by atoms with Gasteiger partial charge in [-0.15, -0.1) is 0 Å². The van der Waals surface area contributed by atoms with Crippen LogP contribution in [0.25, 0.3) is 0 Å². The van der Waals surface area contributed by atoms with Crippen molar-refractivity contribution in [3.63, 3.8) is 0 Å². The summed E-state index contributed by atoms with van der Waals surface area (Å²) in [5.74, 6) is 1.08. The van der Waals surface area contributed by atoms with Gasteiger partial charge in [0.15, 0.2) is 0 Å². The summed E-state index contributed by atoms with van der Waals surface area (Å²) in [6.07, 6.45) is 6.78. The van der Waals surface area contributed by atoms with Gasteiger partial charge in [-0.25, -0.2) is 0 Å². The molecule has 76 valence electrons. The van der Waals surface area contributed by atoms with Gasteiger partial charge in [0.05, 0.1) is 6.26 Å². The molecule has 0 aliphatic rings. The Morgan fingerprint density at radius 1 is 1.31 bits per heavy atom. The van der Waals surface area contributed by atoms with E-state index in [1.807, 2.05) is 13.0 Å². The van der Waals surface area contributed by atoms with E-state index in [0.717, 1.165) is 31.6 Å². The third-order valence-electron chi connectivity index (χ3n) is 1.76. The molecule has 0 spiro atoms. The van der Waals surface area contributed by atoms with E-state index in [1.54, 1.807) is 6.26 Å². The van der Waals surface area contributed by atoms with Crippen LogP contribution in [-0.2, 0) is 4.74 Å². The molecular weight excluding hydrogens is 162 g/mol. The van der Waals surface area contributed by atoms with Crippen LogP contribution in [0.4, 0.5) is 0 Å². The van der Waals surface area contributed by atoms with Crippen molar-refractivity contribution < 1.29 is 4.74 Å². The summed E-state index contributed by atoms with van der Waals surface area (Å²) in [7, 11) is 0. The monoisotopic (exact) mass is 183 g/mol. The van der Waals surface area contributed by atoms with Gasteiger partial charge in [-0.1, -0.05) is 6.08 Å². The van der Waals surface area contributed by atoms with Crippen LogP contribution in [0.1, 0.15) is 40.0 Å². The highest BCUT2D eigenvalue weighted by Crippen LogP contribution is 2.13. The van der Waals surface area contributed by atoms with E-state index >= 15 is 0 Å². The van der Waals surface area contributed by atoms with E-state index < -0.39 is 0 Å². The topological polar surface area (TPSA) is 35.2 Å². The first kappa shape index (κ1) is 12.2. The molecule has 0 aromatic carbocycles. The molecule has 0 rings (SSSR count). The van der Waals surface area contributed by atoms with Crippen molar-refractivity contribution >= 4 is 0 Å². The highest BCUT2D eigenvalue weighted by Gasteiger charge is 1.98. The Bertz CT molecular complexity index is 179. The smallest absolute Gasteiger partial charge is 0.102 e. The van der Waals surface area contributed by atoms with E-state index in [9.17, 15) is 0 Å². The molecule has 13 heavy (non-hydrogen) atoms. The molecule has 0 aromatic rings. The summed E-state index contributed by atoms with van der Waals surface area (Å²) in [6.45, 7) is 6.85. The van der Waals surface area contributed by atoms with Crippen LogP contribution < -0.4 is 5.73 Å². The Balaban J connectivity index is 3.90. The Morgan fingerprint density at radius 2 is 2.00 bits per heavy atom. The second-order valence-corrected chi connectivity index (χ2v) is 3.26. The lowest BCUT2D eigenvalue weighted by atomic mass is 10.1. The first-order valence-electron chi connectivity index (χ1n) is 4.86.